The highest BCUT2D eigenvalue weighted by molar-refractivity contribution is 5.81. The minimum Gasteiger partial charge on any atom is -0.479 e. The monoisotopic (exact) mass is 280 g/mol. The van der Waals surface area contributed by atoms with Gasteiger partial charge in [0.15, 0.2) is 17.6 Å². The van der Waals surface area contributed by atoms with Crippen molar-refractivity contribution in [1.82, 2.24) is 19.9 Å². The molecule has 2 aromatic rings. The lowest BCUT2D eigenvalue weighted by molar-refractivity contribution is -0.150. The zero-order valence-corrected chi connectivity index (χ0v) is 10.1. The third-order valence-corrected chi connectivity index (χ3v) is 3.20. The van der Waals surface area contributed by atoms with Crippen LogP contribution >= 0.6 is 0 Å². The van der Waals surface area contributed by atoms with Gasteiger partial charge in [-0.05, 0) is 0 Å². The number of nitrogens with zero attached hydrogens (tertiary/aromatic N) is 3. The van der Waals surface area contributed by atoms with E-state index in [1.807, 2.05) is 0 Å². The van der Waals surface area contributed by atoms with Gasteiger partial charge >= 0.3 is 5.97 Å². The summed E-state index contributed by atoms with van der Waals surface area (Å²) in [5.41, 5.74) is 12.0. The Morgan fingerprint density at radius 2 is 2.20 bits per heavy atom. The number of nitrogens with one attached hydrogen (secondary N) is 1. The number of aromatic amines is 1. The Balaban J connectivity index is 1.99. The smallest absolute Gasteiger partial charge is 0.334 e. The molecular weight excluding hydrogens is 268 g/mol. The van der Waals surface area contributed by atoms with Crippen LogP contribution in [0.2, 0.25) is 0 Å². The molecule has 3 heterocycles. The van der Waals surface area contributed by atoms with Gasteiger partial charge in [0.1, 0.15) is 29.9 Å². The maximum atomic E-state index is 11.0. The van der Waals surface area contributed by atoms with Crippen LogP contribution < -0.4 is 11.5 Å². The number of H-pyrrole nitrogens is 1. The van der Waals surface area contributed by atoms with Gasteiger partial charge in [0.25, 0.3) is 0 Å². The van der Waals surface area contributed by atoms with Crippen molar-refractivity contribution in [2.75, 3.05) is 5.73 Å². The highest BCUT2D eigenvalue weighted by Gasteiger charge is 2.47. The number of imidazole rings is 1. The molecular formula is C10H12N6O4. The number of carbonyl (C=O) groups is 1. The SMILES string of the molecule is Nc1ncnc2nc([C@@H]3O[C@H](C(=O)O)[C@@H](N)[C@H]3O)[nH]c12. The second kappa shape index (κ2) is 4.37. The van der Waals surface area contributed by atoms with Gasteiger partial charge in [0.05, 0.1) is 6.04 Å². The van der Waals surface area contributed by atoms with Crippen molar-refractivity contribution in [2.24, 2.45) is 5.73 Å². The number of fused-ring (bicyclic) bond motifs is 1. The summed E-state index contributed by atoms with van der Waals surface area (Å²) in [7, 11) is 0. The molecule has 1 aliphatic heterocycles. The number of anilines is 1. The number of hydrogen-bond donors (Lipinski definition) is 5. The highest BCUT2D eigenvalue weighted by Crippen LogP contribution is 2.32. The zero-order chi connectivity index (χ0) is 14.4. The number of carboxylic acids is 1. The quantitative estimate of drug-likeness (QED) is 0.423. The molecule has 106 valence electrons. The van der Waals surface area contributed by atoms with Gasteiger partial charge in [0.2, 0.25) is 0 Å². The molecule has 0 aliphatic carbocycles. The van der Waals surface area contributed by atoms with Crippen molar-refractivity contribution < 1.29 is 19.7 Å². The molecule has 4 atom stereocenters. The first-order chi connectivity index (χ1) is 9.49. The molecule has 0 bridgehead atoms. The second-order valence-electron chi connectivity index (χ2n) is 4.46. The predicted molar refractivity (Wildman–Crippen MR) is 65.3 cm³/mol. The fraction of sp³-hybridized carbons (Fsp3) is 0.400. The van der Waals surface area contributed by atoms with E-state index in [9.17, 15) is 9.90 Å². The number of aliphatic hydroxyl groups excluding tert-OH is 1. The van der Waals surface area contributed by atoms with E-state index in [0.717, 1.165) is 0 Å². The number of nitrogen functional groups attached to an aromatic ring is 1. The van der Waals surface area contributed by atoms with Gasteiger partial charge in [0, 0.05) is 0 Å². The Bertz CT molecular complexity index is 673. The van der Waals surface area contributed by atoms with Gasteiger partial charge < -0.3 is 31.4 Å². The maximum Gasteiger partial charge on any atom is 0.334 e. The number of aromatic nitrogens is 4. The van der Waals surface area contributed by atoms with E-state index in [1.165, 1.54) is 6.33 Å². The molecule has 3 rings (SSSR count). The van der Waals surface area contributed by atoms with Crippen molar-refractivity contribution in [3.8, 4) is 0 Å². The number of rotatable bonds is 2. The zero-order valence-electron chi connectivity index (χ0n) is 10.1. The molecule has 1 fully saturated rings. The Labute approximate surface area is 111 Å². The molecule has 0 aromatic carbocycles. The Morgan fingerprint density at radius 3 is 2.80 bits per heavy atom. The number of carboxylic acid groups (broad SMARTS) is 1. The summed E-state index contributed by atoms with van der Waals surface area (Å²) < 4.78 is 5.25. The lowest BCUT2D eigenvalue weighted by Gasteiger charge is -2.11. The second-order valence-corrected chi connectivity index (χ2v) is 4.46. The number of hydrogen-bond acceptors (Lipinski definition) is 8. The first-order valence-corrected chi connectivity index (χ1v) is 5.77. The molecule has 2 aromatic heterocycles. The Kier molecular flexibility index (Phi) is 2.78. The molecule has 1 aliphatic rings. The van der Waals surface area contributed by atoms with Crippen molar-refractivity contribution in [3.63, 3.8) is 0 Å². The van der Waals surface area contributed by atoms with E-state index in [4.69, 9.17) is 21.3 Å². The Hall–Kier alpha value is -2.30. The summed E-state index contributed by atoms with van der Waals surface area (Å²) in [5, 5.41) is 18.9. The Morgan fingerprint density at radius 1 is 1.45 bits per heavy atom. The van der Waals surface area contributed by atoms with Gasteiger partial charge in [-0.2, -0.15) is 0 Å². The summed E-state index contributed by atoms with van der Waals surface area (Å²) in [4.78, 5) is 25.6. The summed E-state index contributed by atoms with van der Waals surface area (Å²) in [5.74, 6) is -0.839. The van der Waals surface area contributed by atoms with Gasteiger partial charge in [-0.25, -0.2) is 19.7 Å². The van der Waals surface area contributed by atoms with E-state index >= 15 is 0 Å². The summed E-state index contributed by atoms with van der Waals surface area (Å²) >= 11 is 0. The average Bonchev–Trinajstić information content (AvgIpc) is 2.94. The van der Waals surface area contributed by atoms with Crippen LogP contribution in [0.4, 0.5) is 5.82 Å². The van der Waals surface area contributed by atoms with E-state index < -0.39 is 30.3 Å². The number of aliphatic hydroxyl groups is 1. The van der Waals surface area contributed by atoms with Crippen LogP contribution in [0.15, 0.2) is 6.33 Å². The van der Waals surface area contributed by atoms with Crippen LogP contribution in [-0.4, -0.2) is 54.4 Å². The number of aliphatic carboxylic acids is 1. The van der Waals surface area contributed by atoms with Crippen LogP contribution in [-0.2, 0) is 9.53 Å². The van der Waals surface area contributed by atoms with Crippen molar-refractivity contribution >= 4 is 23.0 Å². The normalized spacial score (nSPS) is 29.9. The molecule has 0 spiro atoms. The molecule has 7 N–H and O–H groups in total. The maximum absolute atomic E-state index is 11.0. The third-order valence-electron chi connectivity index (χ3n) is 3.20. The largest absolute Gasteiger partial charge is 0.479 e. The summed E-state index contributed by atoms with van der Waals surface area (Å²) in [6.45, 7) is 0. The first-order valence-electron chi connectivity index (χ1n) is 5.77. The van der Waals surface area contributed by atoms with Gasteiger partial charge in [-0.15, -0.1) is 0 Å². The molecule has 1 saturated heterocycles. The fourth-order valence-corrected chi connectivity index (χ4v) is 2.16. The molecule has 0 saturated carbocycles. The van der Waals surface area contributed by atoms with Crippen molar-refractivity contribution in [2.45, 2.75) is 24.4 Å². The average molecular weight is 280 g/mol. The van der Waals surface area contributed by atoms with Gasteiger partial charge in [-0.1, -0.05) is 0 Å². The lowest BCUT2D eigenvalue weighted by atomic mass is 10.1. The topological polar surface area (TPSA) is 173 Å². The predicted octanol–water partition coefficient (Wildman–Crippen LogP) is -1.85. The molecule has 0 radical (unpaired) electrons. The van der Waals surface area contributed by atoms with Crippen molar-refractivity contribution in [1.29, 1.82) is 0 Å². The van der Waals surface area contributed by atoms with Crippen LogP contribution in [0.5, 0.6) is 0 Å². The van der Waals surface area contributed by atoms with Crippen LogP contribution in [0.1, 0.15) is 11.9 Å². The summed E-state index contributed by atoms with van der Waals surface area (Å²) in [6, 6.07) is -1.05. The summed E-state index contributed by atoms with van der Waals surface area (Å²) in [6.07, 6.45) is -2.24. The van der Waals surface area contributed by atoms with Crippen LogP contribution in [0, 0.1) is 0 Å². The molecule has 10 nitrogen and oxygen atoms in total. The van der Waals surface area contributed by atoms with E-state index in [1.54, 1.807) is 0 Å². The minimum absolute atomic E-state index is 0.195. The highest BCUT2D eigenvalue weighted by atomic mass is 16.5. The molecule has 0 amide bonds. The van der Waals surface area contributed by atoms with Crippen LogP contribution in [0.3, 0.4) is 0 Å². The number of nitrogens with two attached hydrogens (primary N) is 2. The third kappa shape index (κ3) is 1.78. The standard InChI is InChI=1S/C10H12N6O4/c11-2-4(17)6(20-5(2)10(18)19)9-15-3-7(12)13-1-14-8(3)16-9/h1-2,4-6,17H,11H2,(H,18,19)(H3,12,13,14,15,16)/t2-,4+,5-,6+/m0/s1. The molecule has 20 heavy (non-hydrogen) atoms. The minimum atomic E-state index is -1.30. The molecule has 10 heteroatoms. The first kappa shape index (κ1) is 12.7. The van der Waals surface area contributed by atoms with Crippen LogP contribution in [0.25, 0.3) is 11.2 Å². The number of ether oxygens (including phenoxy) is 1. The molecule has 0 unspecified atom stereocenters. The van der Waals surface area contributed by atoms with E-state index in [2.05, 4.69) is 19.9 Å². The van der Waals surface area contributed by atoms with E-state index in [0.29, 0.717) is 11.2 Å². The van der Waals surface area contributed by atoms with Gasteiger partial charge in [-0.3, -0.25) is 0 Å². The van der Waals surface area contributed by atoms with Crippen molar-refractivity contribution in [3.05, 3.63) is 12.2 Å². The van der Waals surface area contributed by atoms with E-state index in [-0.39, 0.29) is 11.6 Å². The fourth-order valence-electron chi connectivity index (χ4n) is 2.16. The lowest BCUT2D eigenvalue weighted by Crippen LogP contribution is -2.43.